The number of rotatable bonds is 0. The Balaban J connectivity index is 2.18. The maximum atomic E-state index is 13.1. The summed E-state index contributed by atoms with van der Waals surface area (Å²) in [7, 11) is 0. The molecule has 0 amide bonds. The molecular formula is C20H30O. The molecule has 0 aromatic rings. The van der Waals surface area contributed by atoms with Gasteiger partial charge in [-0.1, -0.05) is 60.0 Å². The molecule has 0 heterocycles. The van der Waals surface area contributed by atoms with Crippen LogP contribution in [-0.2, 0) is 4.79 Å². The van der Waals surface area contributed by atoms with Gasteiger partial charge in [-0.2, -0.15) is 0 Å². The van der Waals surface area contributed by atoms with Crippen molar-refractivity contribution in [2.75, 3.05) is 0 Å². The number of allylic oxidation sites excluding steroid dienone is 4. The van der Waals surface area contributed by atoms with E-state index < -0.39 is 0 Å². The molecule has 1 heteroatoms. The minimum atomic E-state index is 0.108. The molecule has 116 valence electrons. The van der Waals surface area contributed by atoms with Gasteiger partial charge in [-0.05, 0) is 47.2 Å². The van der Waals surface area contributed by atoms with Crippen LogP contribution in [0.25, 0.3) is 0 Å². The first kappa shape index (κ1) is 15.1. The van der Waals surface area contributed by atoms with E-state index in [1.807, 2.05) is 0 Å². The van der Waals surface area contributed by atoms with Crippen LogP contribution in [0.3, 0.4) is 0 Å². The van der Waals surface area contributed by atoms with Crippen molar-refractivity contribution in [2.24, 2.45) is 22.7 Å². The van der Waals surface area contributed by atoms with Gasteiger partial charge in [-0.3, -0.25) is 4.79 Å². The lowest BCUT2D eigenvalue weighted by molar-refractivity contribution is -0.119. The summed E-state index contributed by atoms with van der Waals surface area (Å²) in [6, 6.07) is 0. The second kappa shape index (κ2) is 4.57. The highest BCUT2D eigenvalue weighted by Crippen LogP contribution is 2.58. The summed E-state index contributed by atoms with van der Waals surface area (Å²) in [5, 5.41) is 0. The minimum absolute atomic E-state index is 0.108. The molecule has 2 unspecified atom stereocenters. The maximum Gasteiger partial charge on any atom is 0.166 e. The zero-order valence-corrected chi connectivity index (χ0v) is 14.6. The van der Waals surface area contributed by atoms with Crippen molar-refractivity contribution in [1.29, 1.82) is 0 Å². The Kier molecular flexibility index (Phi) is 3.28. The fraction of sp³-hybridized carbons (Fsp3) is 0.750. The van der Waals surface area contributed by atoms with Gasteiger partial charge in [0.1, 0.15) is 0 Å². The predicted molar refractivity (Wildman–Crippen MR) is 88.0 cm³/mol. The summed E-state index contributed by atoms with van der Waals surface area (Å²) >= 11 is 0. The SMILES string of the molecule is CC(C)(C)C1=C2C(=O)C3CCCCC3C2=C(C(C)(C)C)C1. The summed E-state index contributed by atoms with van der Waals surface area (Å²) in [5.74, 6) is 1.33. The van der Waals surface area contributed by atoms with Crippen molar-refractivity contribution in [3.05, 3.63) is 22.3 Å². The molecule has 0 aromatic carbocycles. The lowest BCUT2D eigenvalue weighted by Gasteiger charge is -2.30. The smallest absolute Gasteiger partial charge is 0.166 e. The number of hydrogen-bond acceptors (Lipinski definition) is 1. The molecule has 3 rings (SSSR count). The van der Waals surface area contributed by atoms with E-state index in [0.717, 1.165) is 12.8 Å². The van der Waals surface area contributed by atoms with Gasteiger partial charge in [0, 0.05) is 11.5 Å². The van der Waals surface area contributed by atoms with E-state index in [2.05, 4.69) is 41.5 Å². The third kappa shape index (κ3) is 2.24. The zero-order valence-electron chi connectivity index (χ0n) is 14.6. The lowest BCUT2D eigenvalue weighted by atomic mass is 9.74. The van der Waals surface area contributed by atoms with E-state index in [9.17, 15) is 4.79 Å². The molecule has 3 aliphatic rings. The van der Waals surface area contributed by atoms with Crippen molar-refractivity contribution >= 4 is 5.78 Å². The third-order valence-electron chi connectivity index (χ3n) is 5.78. The van der Waals surface area contributed by atoms with Gasteiger partial charge < -0.3 is 0 Å². The minimum Gasteiger partial charge on any atom is -0.294 e. The van der Waals surface area contributed by atoms with E-state index in [1.165, 1.54) is 36.0 Å². The average Bonchev–Trinajstić information content (AvgIpc) is 2.87. The summed E-state index contributed by atoms with van der Waals surface area (Å²) in [6.07, 6.45) is 5.92. The van der Waals surface area contributed by atoms with Crippen LogP contribution < -0.4 is 0 Å². The monoisotopic (exact) mass is 286 g/mol. The lowest BCUT2D eigenvalue weighted by Crippen LogP contribution is -2.22. The first-order valence-corrected chi connectivity index (χ1v) is 8.64. The van der Waals surface area contributed by atoms with Gasteiger partial charge in [-0.25, -0.2) is 0 Å². The van der Waals surface area contributed by atoms with Gasteiger partial charge in [0.15, 0.2) is 5.78 Å². The molecule has 2 saturated carbocycles. The second-order valence-electron chi connectivity index (χ2n) is 9.28. The van der Waals surface area contributed by atoms with Crippen LogP contribution >= 0.6 is 0 Å². The van der Waals surface area contributed by atoms with E-state index in [-0.39, 0.29) is 10.8 Å². The Hall–Kier alpha value is -0.850. The van der Waals surface area contributed by atoms with E-state index in [0.29, 0.717) is 17.6 Å². The average molecular weight is 286 g/mol. The number of ketones is 1. The summed E-state index contributed by atoms with van der Waals surface area (Å²) in [6.45, 7) is 13.8. The first-order chi connectivity index (χ1) is 9.62. The van der Waals surface area contributed by atoms with Crippen LogP contribution in [0, 0.1) is 22.7 Å². The van der Waals surface area contributed by atoms with Gasteiger partial charge in [0.25, 0.3) is 0 Å². The van der Waals surface area contributed by atoms with Gasteiger partial charge in [-0.15, -0.1) is 0 Å². The molecular weight excluding hydrogens is 256 g/mol. The van der Waals surface area contributed by atoms with Crippen molar-refractivity contribution in [2.45, 2.75) is 73.6 Å². The largest absolute Gasteiger partial charge is 0.294 e. The third-order valence-corrected chi connectivity index (χ3v) is 5.78. The van der Waals surface area contributed by atoms with Crippen LogP contribution in [0.5, 0.6) is 0 Å². The normalized spacial score (nSPS) is 30.1. The number of hydrogen-bond donors (Lipinski definition) is 0. The fourth-order valence-corrected chi connectivity index (χ4v) is 4.65. The standard InChI is InChI=1S/C20H30O/c1-19(2,3)14-11-15(20(4,5)6)17-16(14)12-9-7-8-10-13(12)18(17)21/h12-13H,7-11H2,1-6H3. The molecule has 0 bridgehead atoms. The molecule has 3 aliphatic carbocycles. The van der Waals surface area contributed by atoms with Gasteiger partial charge >= 0.3 is 0 Å². The van der Waals surface area contributed by atoms with Crippen molar-refractivity contribution in [1.82, 2.24) is 0 Å². The van der Waals surface area contributed by atoms with E-state index in [4.69, 9.17) is 0 Å². The first-order valence-electron chi connectivity index (χ1n) is 8.64. The Morgan fingerprint density at radius 2 is 1.33 bits per heavy atom. The molecule has 2 atom stereocenters. The van der Waals surface area contributed by atoms with Crippen LogP contribution in [0.1, 0.15) is 73.6 Å². The molecule has 0 N–H and O–H groups in total. The fourth-order valence-electron chi connectivity index (χ4n) is 4.65. The highest BCUT2D eigenvalue weighted by molar-refractivity contribution is 6.07. The molecule has 0 spiro atoms. The number of carbonyl (C=O) groups excluding carboxylic acids is 1. The molecule has 0 saturated heterocycles. The number of fused-ring (bicyclic) bond motifs is 3. The maximum absolute atomic E-state index is 13.1. The topological polar surface area (TPSA) is 17.1 Å². The molecule has 1 nitrogen and oxygen atoms in total. The van der Waals surface area contributed by atoms with Crippen molar-refractivity contribution in [3.8, 4) is 0 Å². The molecule has 21 heavy (non-hydrogen) atoms. The second-order valence-corrected chi connectivity index (χ2v) is 9.28. The Labute approximate surface area is 129 Å². The predicted octanol–water partition coefficient (Wildman–Crippen LogP) is 5.46. The van der Waals surface area contributed by atoms with Crippen LogP contribution in [-0.4, -0.2) is 5.78 Å². The van der Waals surface area contributed by atoms with Crippen LogP contribution in [0.15, 0.2) is 22.3 Å². The van der Waals surface area contributed by atoms with Gasteiger partial charge in [0.2, 0.25) is 0 Å². The van der Waals surface area contributed by atoms with Gasteiger partial charge in [0.05, 0.1) is 0 Å². The number of carbonyl (C=O) groups is 1. The quantitative estimate of drug-likeness (QED) is 0.577. The van der Waals surface area contributed by atoms with Crippen molar-refractivity contribution < 1.29 is 4.79 Å². The Morgan fingerprint density at radius 1 is 0.810 bits per heavy atom. The summed E-state index contributed by atoms with van der Waals surface area (Å²) in [4.78, 5) is 13.1. The molecule has 0 radical (unpaired) electrons. The van der Waals surface area contributed by atoms with E-state index >= 15 is 0 Å². The highest BCUT2D eigenvalue weighted by Gasteiger charge is 2.50. The highest BCUT2D eigenvalue weighted by atomic mass is 16.1. The summed E-state index contributed by atoms with van der Waals surface area (Å²) < 4.78 is 0. The van der Waals surface area contributed by atoms with Crippen molar-refractivity contribution in [3.63, 3.8) is 0 Å². The van der Waals surface area contributed by atoms with Crippen LogP contribution in [0.2, 0.25) is 0 Å². The molecule has 0 aromatic heterocycles. The zero-order chi connectivity index (χ0) is 15.6. The van der Waals surface area contributed by atoms with Crippen LogP contribution in [0.4, 0.5) is 0 Å². The molecule has 0 aliphatic heterocycles. The molecule has 2 fully saturated rings. The van der Waals surface area contributed by atoms with E-state index in [1.54, 1.807) is 5.57 Å². The summed E-state index contributed by atoms with van der Waals surface area (Å²) in [5.41, 5.74) is 5.93. The Bertz CT molecular complexity index is 545. The Morgan fingerprint density at radius 3 is 1.86 bits per heavy atom. The number of Topliss-reactive ketones (excluding diaryl/α,β-unsaturated/α-hetero) is 1.